The highest BCUT2D eigenvalue weighted by Crippen LogP contribution is 2.24. The molecule has 31 heavy (non-hydrogen) atoms. The number of non-ortho nitro benzene ring substituents is 1. The van der Waals surface area contributed by atoms with Crippen LogP contribution in [0, 0.1) is 10.1 Å². The zero-order valence-corrected chi connectivity index (χ0v) is 16.2. The van der Waals surface area contributed by atoms with Gasteiger partial charge in [-0.1, -0.05) is 24.3 Å². The summed E-state index contributed by atoms with van der Waals surface area (Å²) >= 11 is 0. The summed E-state index contributed by atoms with van der Waals surface area (Å²) in [5.74, 6) is -1.32. The van der Waals surface area contributed by atoms with Crippen LogP contribution in [0.4, 0.5) is 5.69 Å². The molecule has 4 rings (SSSR count). The number of imide groups is 1. The number of nitro groups is 1. The van der Waals surface area contributed by atoms with E-state index in [2.05, 4.69) is 0 Å². The van der Waals surface area contributed by atoms with E-state index >= 15 is 0 Å². The minimum Gasteiger partial charge on any atom is -0.457 e. The lowest BCUT2D eigenvalue weighted by atomic mass is 10.1. The van der Waals surface area contributed by atoms with Gasteiger partial charge in [-0.15, -0.1) is 0 Å². The second-order valence-electron chi connectivity index (χ2n) is 6.94. The summed E-state index contributed by atoms with van der Waals surface area (Å²) in [6.45, 7) is -0.00468. The minimum atomic E-state index is -0.581. The van der Waals surface area contributed by atoms with Crippen molar-refractivity contribution in [2.45, 2.75) is 13.2 Å². The van der Waals surface area contributed by atoms with Crippen molar-refractivity contribution in [1.82, 2.24) is 4.90 Å². The number of nitrogens with zero attached hydrogens (tertiary/aromatic N) is 2. The molecule has 8 nitrogen and oxygen atoms in total. The SMILES string of the molecule is O=C(OCc1ccc([N+](=O)[O-])cc1)c1cccc(CN2C(=O)c3ccccc3C2=O)c1. The molecular formula is C23H16N2O6. The number of nitro benzene ring substituents is 1. The van der Waals surface area contributed by atoms with Crippen molar-refractivity contribution in [3.63, 3.8) is 0 Å². The molecular weight excluding hydrogens is 400 g/mol. The summed E-state index contributed by atoms with van der Waals surface area (Å²) in [7, 11) is 0. The summed E-state index contributed by atoms with van der Waals surface area (Å²) in [5, 5.41) is 10.7. The topological polar surface area (TPSA) is 107 Å². The van der Waals surface area contributed by atoms with Crippen LogP contribution in [0.2, 0.25) is 0 Å². The van der Waals surface area contributed by atoms with Crippen LogP contribution in [0.5, 0.6) is 0 Å². The van der Waals surface area contributed by atoms with E-state index < -0.39 is 10.9 Å². The third kappa shape index (κ3) is 4.04. The third-order valence-electron chi connectivity index (χ3n) is 4.90. The van der Waals surface area contributed by atoms with Crippen LogP contribution in [-0.2, 0) is 17.9 Å². The van der Waals surface area contributed by atoms with E-state index in [1.165, 1.54) is 24.3 Å². The Morgan fingerprint density at radius 1 is 0.871 bits per heavy atom. The number of carbonyl (C=O) groups is 3. The number of esters is 1. The first kappa shape index (κ1) is 20.0. The highest BCUT2D eigenvalue weighted by atomic mass is 16.6. The molecule has 0 radical (unpaired) electrons. The Morgan fingerprint density at radius 3 is 2.13 bits per heavy atom. The van der Waals surface area contributed by atoms with Crippen LogP contribution in [0.1, 0.15) is 42.2 Å². The lowest BCUT2D eigenvalue weighted by Gasteiger charge is -2.14. The Labute approximate surface area is 176 Å². The van der Waals surface area contributed by atoms with Gasteiger partial charge < -0.3 is 4.74 Å². The van der Waals surface area contributed by atoms with E-state index in [4.69, 9.17) is 4.74 Å². The van der Waals surface area contributed by atoms with E-state index in [9.17, 15) is 24.5 Å². The van der Waals surface area contributed by atoms with Crippen LogP contribution in [0.25, 0.3) is 0 Å². The van der Waals surface area contributed by atoms with Crippen molar-refractivity contribution in [3.8, 4) is 0 Å². The maximum absolute atomic E-state index is 12.5. The lowest BCUT2D eigenvalue weighted by molar-refractivity contribution is -0.384. The molecule has 154 valence electrons. The van der Waals surface area contributed by atoms with E-state index in [1.54, 1.807) is 48.5 Å². The molecule has 0 saturated carbocycles. The molecule has 0 bridgehead atoms. The molecule has 3 aromatic carbocycles. The maximum atomic E-state index is 12.5. The molecule has 1 aliphatic rings. The average molecular weight is 416 g/mol. The molecule has 3 aromatic rings. The predicted octanol–water partition coefficient (Wildman–Crippen LogP) is 3.75. The van der Waals surface area contributed by atoms with Gasteiger partial charge in [-0.3, -0.25) is 24.6 Å². The Bertz CT molecular complexity index is 1170. The first-order chi connectivity index (χ1) is 14.9. The standard InChI is InChI=1S/C23H16N2O6/c26-21-19-6-1-2-7-20(19)22(27)24(21)13-16-4-3-5-17(12-16)23(28)31-14-15-8-10-18(11-9-15)25(29)30/h1-12H,13-14H2. The smallest absolute Gasteiger partial charge is 0.338 e. The van der Waals surface area contributed by atoms with E-state index in [0.29, 0.717) is 22.3 Å². The second kappa shape index (κ2) is 8.19. The Hall–Kier alpha value is -4.33. The number of benzene rings is 3. The van der Waals surface area contributed by atoms with Crippen molar-refractivity contribution in [2.75, 3.05) is 0 Å². The highest BCUT2D eigenvalue weighted by Gasteiger charge is 2.35. The summed E-state index contributed by atoms with van der Waals surface area (Å²) < 4.78 is 5.28. The van der Waals surface area contributed by atoms with Gasteiger partial charge in [-0.2, -0.15) is 0 Å². The van der Waals surface area contributed by atoms with Crippen LogP contribution in [0.15, 0.2) is 72.8 Å². The fourth-order valence-corrected chi connectivity index (χ4v) is 3.31. The largest absolute Gasteiger partial charge is 0.457 e. The maximum Gasteiger partial charge on any atom is 0.338 e. The summed E-state index contributed by atoms with van der Waals surface area (Å²) in [4.78, 5) is 48.8. The van der Waals surface area contributed by atoms with Crippen LogP contribution in [0.3, 0.4) is 0 Å². The van der Waals surface area contributed by atoms with E-state index in [-0.39, 0.29) is 36.2 Å². The van der Waals surface area contributed by atoms with Gasteiger partial charge in [0.2, 0.25) is 0 Å². The number of rotatable bonds is 6. The van der Waals surface area contributed by atoms with Gasteiger partial charge in [0.1, 0.15) is 6.61 Å². The van der Waals surface area contributed by atoms with Crippen molar-refractivity contribution in [1.29, 1.82) is 0 Å². The number of fused-ring (bicyclic) bond motifs is 1. The minimum absolute atomic E-state index is 0.0375. The number of hydrogen-bond donors (Lipinski definition) is 0. The monoisotopic (exact) mass is 416 g/mol. The van der Waals surface area contributed by atoms with Crippen LogP contribution in [-0.4, -0.2) is 27.6 Å². The Morgan fingerprint density at radius 2 is 1.52 bits per heavy atom. The van der Waals surface area contributed by atoms with Gasteiger partial charge in [-0.25, -0.2) is 4.79 Å². The first-order valence-corrected chi connectivity index (χ1v) is 9.38. The number of carbonyl (C=O) groups excluding carboxylic acids is 3. The number of amides is 2. The molecule has 2 amide bonds. The first-order valence-electron chi connectivity index (χ1n) is 9.38. The normalized spacial score (nSPS) is 12.6. The predicted molar refractivity (Wildman–Crippen MR) is 109 cm³/mol. The molecule has 1 aliphatic heterocycles. The fraction of sp³-hybridized carbons (Fsp3) is 0.0870. The molecule has 0 aromatic heterocycles. The van der Waals surface area contributed by atoms with Crippen LogP contribution >= 0.6 is 0 Å². The van der Waals surface area contributed by atoms with Crippen molar-refractivity contribution in [3.05, 3.63) is 111 Å². The second-order valence-corrected chi connectivity index (χ2v) is 6.94. The van der Waals surface area contributed by atoms with Gasteiger partial charge in [0.05, 0.1) is 28.2 Å². The molecule has 0 atom stereocenters. The average Bonchev–Trinajstić information content (AvgIpc) is 3.03. The Balaban J connectivity index is 1.42. The molecule has 0 fully saturated rings. The molecule has 0 unspecified atom stereocenters. The Kier molecular flexibility index (Phi) is 5.28. The number of ether oxygens (including phenoxy) is 1. The van der Waals surface area contributed by atoms with E-state index in [0.717, 1.165) is 4.90 Å². The zero-order chi connectivity index (χ0) is 22.0. The molecule has 8 heteroatoms. The molecule has 1 heterocycles. The number of hydrogen-bond acceptors (Lipinski definition) is 6. The summed E-state index contributed by atoms with van der Waals surface area (Å²) in [6, 6.07) is 18.9. The quantitative estimate of drug-likeness (QED) is 0.262. The zero-order valence-electron chi connectivity index (χ0n) is 16.2. The van der Waals surface area contributed by atoms with Gasteiger partial charge in [0.25, 0.3) is 17.5 Å². The third-order valence-corrected chi connectivity index (χ3v) is 4.90. The van der Waals surface area contributed by atoms with Crippen molar-refractivity contribution in [2.24, 2.45) is 0 Å². The van der Waals surface area contributed by atoms with Gasteiger partial charge in [0.15, 0.2) is 0 Å². The summed E-state index contributed by atoms with van der Waals surface area (Å²) in [6.07, 6.45) is 0. The van der Waals surface area contributed by atoms with Gasteiger partial charge in [-0.05, 0) is 47.5 Å². The molecule has 0 spiro atoms. The van der Waals surface area contributed by atoms with Crippen LogP contribution < -0.4 is 0 Å². The fourth-order valence-electron chi connectivity index (χ4n) is 3.31. The van der Waals surface area contributed by atoms with Crippen molar-refractivity contribution < 1.29 is 24.0 Å². The van der Waals surface area contributed by atoms with Gasteiger partial charge in [0, 0.05) is 12.1 Å². The van der Waals surface area contributed by atoms with Gasteiger partial charge >= 0.3 is 5.97 Å². The van der Waals surface area contributed by atoms with Crippen molar-refractivity contribution >= 4 is 23.5 Å². The van der Waals surface area contributed by atoms with E-state index in [1.807, 2.05) is 0 Å². The molecule has 0 N–H and O–H groups in total. The molecule has 0 saturated heterocycles. The summed E-state index contributed by atoms with van der Waals surface area (Å²) in [5.41, 5.74) is 2.18. The highest BCUT2D eigenvalue weighted by molar-refractivity contribution is 6.21. The molecule has 0 aliphatic carbocycles. The lowest BCUT2D eigenvalue weighted by Crippen LogP contribution is -2.29.